The maximum atomic E-state index is 11.6. The highest BCUT2D eigenvalue weighted by atomic mass is 16.2. The van der Waals surface area contributed by atoms with Gasteiger partial charge < -0.3 is 21.7 Å². The number of anilines is 2. The average Bonchev–Trinajstić information content (AvgIpc) is 2.37. The topological polar surface area (TPSA) is 96.2 Å². The lowest BCUT2D eigenvalue weighted by Gasteiger charge is -2.11. The molecule has 0 unspecified atom stereocenters. The minimum atomic E-state index is -0.197. The molecule has 0 spiro atoms. The molecule has 0 radical (unpaired) electrons. The van der Waals surface area contributed by atoms with Gasteiger partial charge in [-0.25, -0.2) is 0 Å². The minimum absolute atomic E-state index is 0.0621. The van der Waals surface area contributed by atoms with Crippen LogP contribution >= 0.6 is 0 Å². The second kappa shape index (κ2) is 6.48. The Balaban J connectivity index is 2.76. The first kappa shape index (κ1) is 13.8. The maximum Gasteiger partial charge on any atom is 0.253 e. The molecule has 6 heteroatoms. The lowest BCUT2D eigenvalue weighted by Crippen LogP contribution is -2.23. The van der Waals surface area contributed by atoms with Crippen LogP contribution in [0.15, 0.2) is 18.2 Å². The molecule has 2 amide bonds. The molecule has 0 bridgehead atoms. The van der Waals surface area contributed by atoms with Crippen molar-refractivity contribution >= 4 is 23.2 Å². The molecule has 1 rings (SSSR count). The molecule has 5 N–H and O–H groups in total. The van der Waals surface area contributed by atoms with Crippen molar-refractivity contribution in [3.8, 4) is 0 Å². The Morgan fingerprint density at radius 2 is 1.94 bits per heavy atom. The Morgan fingerprint density at radius 3 is 2.56 bits per heavy atom. The third-order valence-corrected chi connectivity index (χ3v) is 2.46. The zero-order chi connectivity index (χ0) is 13.5. The normalized spacial score (nSPS) is 9.67. The predicted octanol–water partition coefficient (Wildman–Crippen LogP) is 0.176. The molecule has 0 atom stereocenters. The molecule has 1 aromatic rings. The number of amides is 2. The highest BCUT2D eigenvalue weighted by Crippen LogP contribution is 2.19. The molecular weight excluding hydrogens is 232 g/mol. The maximum absolute atomic E-state index is 11.6. The SMILES string of the molecule is CNC(=O)CCNc1cc(N)ccc1C(=O)NC. The summed E-state index contributed by atoms with van der Waals surface area (Å²) in [4.78, 5) is 22.7. The van der Waals surface area contributed by atoms with Gasteiger partial charge in [0.15, 0.2) is 0 Å². The number of hydrogen-bond acceptors (Lipinski definition) is 4. The smallest absolute Gasteiger partial charge is 0.253 e. The van der Waals surface area contributed by atoms with Crippen LogP contribution in [0.1, 0.15) is 16.8 Å². The van der Waals surface area contributed by atoms with E-state index in [1.54, 1.807) is 32.3 Å². The summed E-state index contributed by atoms with van der Waals surface area (Å²) in [6, 6.07) is 4.99. The van der Waals surface area contributed by atoms with Crippen LogP contribution in [0.2, 0.25) is 0 Å². The zero-order valence-corrected chi connectivity index (χ0v) is 10.5. The number of hydrogen-bond donors (Lipinski definition) is 4. The number of nitrogen functional groups attached to an aromatic ring is 1. The summed E-state index contributed by atoms with van der Waals surface area (Å²) in [6.07, 6.45) is 0.332. The Bertz CT molecular complexity index is 446. The van der Waals surface area contributed by atoms with Crippen LogP contribution in [0.25, 0.3) is 0 Å². The van der Waals surface area contributed by atoms with Gasteiger partial charge in [-0.2, -0.15) is 0 Å². The van der Waals surface area contributed by atoms with Gasteiger partial charge >= 0.3 is 0 Å². The van der Waals surface area contributed by atoms with E-state index in [0.717, 1.165) is 0 Å². The molecule has 6 nitrogen and oxygen atoms in total. The summed E-state index contributed by atoms with van der Waals surface area (Å²) in [5.41, 5.74) is 7.36. The number of rotatable bonds is 5. The van der Waals surface area contributed by atoms with Gasteiger partial charge in [0, 0.05) is 38.4 Å². The number of carbonyl (C=O) groups excluding carboxylic acids is 2. The lowest BCUT2D eigenvalue weighted by molar-refractivity contribution is -0.120. The van der Waals surface area contributed by atoms with Crippen LogP contribution in [0.5, 0.6) is 0 Å². The van der Waals surface area contributed by atoms with E-state index in [0.29, 0.717) is 29.9 Å². The standard InChI is InChI=1S/C12H18N4O2/c1-14-11(17)5-6-16-10-7-8(13)3-4-9(10)12(18)15-2/h3-4,7,16H,5-6,13H2,1-2H3,(H,14,17)(H,15,18). The fraction of sp³-hybridized carbons (Fsp3) is 0.333. The third-order valence-electron chi connectivity index (χ3n) is 2.46. The number of nitrogens with one attached hydrogen (secondary N) is 3. The first-order valence-corrected chi connectivity index (χ1v) is 5.64. The largest absolute Gasteiger partial charge is 0.399 e. The Labute approximate surface area is 106 Å². The van der Waals surface area contributed by atoms with Gasteiger partial charge in [-0.15, -0.1) is 0 Å². The van der Waals surface area contributed by atoms with Crippen molar-refractivity contribution in [2.75, 3.05) is 31.7 Å². The average molecular weight is 250 g/mol. The van der Waals surface area contributed by atoms with Crippen molar-refractivity contribution < 1.29 is 9.59 Å². The van der Waals surface area contributed by atoms with Gasteiger partial charge in [0.25, 0.3) is 5.91 Å². The van der Waals surface area contributed by atoms with Gasteiger partial charge in [0.2, 0.25) is 5.91 Å². The molecule has 18 heavy (non-hydrogen) atoms. The number of benzene rings is 1. The second-order valence-corrected chi connectivity index (χ2v) is 3.73. The first-order chi connectivity index (χ1) is 8.58. The summed E-state index contributed by atoms with van der Waals surface area (Å²) >= 11 is 0. The monoisotopic (exact) mass is 250 g/mol. The minimum Gasteiger partial charge on any atom is -0.399 e. The van der Waals surface area contributed by atoms with E-state index in [1.165, 1.54) is 0 Å². The highest BCUT2D eigenvalue weighted by Gasteiger charge is 2.10. The predicted molar refractivity (Wildman–Crippen MR) is 71.4 cm³/mol. The Morgan fingerprint density at radius 1 is 1.22 bits per heavy atom. The van der Waals surface area contributed by atoms with E-state index in [4.69, 9.17) is 5.73 Å². The van der Waals surface area contributed by atoms with Crippen LogP contribution < -0.4 is 21.7 Å². The molecule has 0 saturated heterocycles. The molecule has 0 aliphatic carbocycles. The van der Waals surface area contributed by atoms with Gasteiger partial charge in [-0.05, 0) is 18.2 Å². The summed E-state index contributed by atoms with van der Waals surface area (Å²) in [7, 11) is 3.14. The molecule has 1 aromatic carbocycles. The highest BCUT2D eigenvalue weighted by molar-refractivity contribution is 6.00. The summed E-state index contributed by atoms with van der Waals surface area (Å²) in [5, 5.41) is 8.11. The number of carbonyl (C=O) groups is 2. The molecule has 98 valence electrons. The van der Waals surface area contributed by atoms with Crippen LogP contribution in [0, 0.1) is 0 Å². The van der Waals surface area contributed by atoms with Crippen molar-refractivity contribution in [1.29, 1.82) is 0 Å². The van der Waals surface area contributed by atoms with E-state index >= 15 is 0 Å². The molecule has 0 saturated carbocycles. The van der Waals surface area contributed by atoms with E-state index < -0.39 is 0 Å². The van der Waals surface area contributed by atoms with Gasteiger partial charge in [-0.3, -0.25) is 9.59 Å². The van der Waals surface area contributed by atoms with Crippen molar-refractivity contribution in [3.05, 3.63) is 23.8 Å². The summed E-state index contributed by atoms with van der Waals surface area (Å²) < 4.78 is 0. The van der Waals surface area contributed by atoms with Crippen molar-refractivity contribution in [2.45, 2.75) is 6.42 Å². The molecule has 0 heterocycles. The molecule has 0 aromatic heterocycles. The number of nitrogens with two attached hydrogens (primary N) is 1. The van der Waals surface area contributed by atoms with Crippen LogP contribution in [0.3, 0.4) is 0 Å². The van der Waals surface area contributed by atoms with Crippen molar-refractivity contribution in [3.63, 3.8) is 0 Å². The zero-order valence-electron chi connectivity index (χ0n) is 10.5. The van der Waals surface area contributed by atoms with Gasteiger partial charge in [-0.1, -0.05) is 0 Å². The van der Waals surface area contributed by atoms with Crippen LogP contribution in [0.4, 0.5) is 11.4 Å². The summed E-state index contributed by atoms with van der Waals surface area (Å²) in [5.74, 6) is -0.259. The van der Waals surface area contributed by atoms with Crippen LogP contribution in [-0.2, 0) is 4.79 Å². The van der Waals surface area contributed by atoms with E-state index in [9.17, 15) is 9.59 Å². The lowest BCUT2D eigenvalue weighted by atomic mass is 10.1. The molecular formula is C12H18N4O2. The quantitative estimate of drug-likeness (QED) is 0.560. The van der Waals surface area contributed by atoms with Gasteiger partial charge in [0.1, 0.15) is 0 Å². The van der Waals surface area contributed by atoms with Crippen molar-refractivity contribution in [2.24, 2.45) is 0 Å². The van der Waals surface area contributed by atoms with Crippen molar-refractivity contribution in [1.82, 2.24) is 10.6 Å². The van der Waals surface area contributed by atoms with E-state index in [2.05, 4.69) is 16.0 Å². The van der Waals surface area contributed by atoms with E-state index in [1.807, 2.05) is 0 Å². The van der Waals surface area contributed by atoms with Crippen LogP contribution in [-0.4, -0.2) is 32.5 Å². The van der Waals surface area contributed by atoms with E-state index in [-0.39, 0.29) is 11.8 Å². The third kappa shape index (κ3) is 3.65. The Hall–Kier alpha value is -2.24. The molecule has 0 fully saturated rings. The summed E-state index contributed by atoms with van der Waals surface area (Å²) in [6.45, 7) is 0.438. The first-order valence-electron chi connectivity index (χ1n) is 5.64. The molecule has 0 aliphatic heterocycles. The second-order valence-electron chi connectivity index (χ2n) is 3.73. The van der Waals surface area contributed by atoms with Gasteiger partial charge in [0.05, 0.1) is 5.56 Å². The fourth-order valence-electron chi connectivity index (χ4n) is 1.48. The fourth-order valence-corrected chi connectivity index (χ4v) is 1.48. The molecule has 0 aliphatic rings. The Kier molecular flexibility index (Phi) is 4.98.